The number of rotatable bonds is 7. The number of nitrogens with zero attached hydrogens (tertiary/aromatic N) is 3. The third kappa shape index (κ3) is 4.65. The molecule has 0 atom stereocenters. The number of hydrogen-bond donors (Lipinski definition) is 3. The van der Waals surface area contributed by atoms with E-state index in [2.05, 4.69) is 21.4 Å². The molecule has 2 heterocycles. The van der Waals surface area contributed by atoms with E-state index in [-0.39, 0.29) is 5.75 Å². The largest absolute Gasteiger partial charge is 0.507 e. The molecule has 2 aromatic carbocycles. The molecule has 0 aliphatic heterocycles. The zero-order valence-corrected chi connectivity index (χ0v) is 17.0. The monoisotopic (exact) mass is 411 g/mol. The molecule has 0 aliphatic rings. The van der Waals surface area contributed by atoms with E-state index in [0.29, 0.717) is 34.9 Å². The van der Waals surface area contributed by atoms with Gasteiger partial charge in [0.25, 0.3) is 0 Å². The number of pyridine rings is 1. The van der Waals surface area contributed by atoms with Crippen LogP contribution in [0.4, 0.5) is 5.82 Å². The number of phenolic OH excluding ortho intramolecular Hbond substituents is 1. The van der Waals surface area contributed by atoms with Crippen LogP contribution in [0.15, 0.2) is 67.1 Å². The normalized spacial score (nSPS) is 10.5. The van der Waals surface area contributed by atoms with Crippen molar-refractivity contribution in [2.45, 2.75) is 6.42 Å². The summed E-state index contributed by atoms with van der Waals surface area (Å²) in [5, 5.41) is 22.9. The number of ether oxygens (including phenoxy) is 1. The lowest BCUT2D eigenvalue weighted by atomic mass is 10.0. The molecule has 7 heteroatoms. The Hall–Kier alpha value is -4.31. The van der Waals surface area contributed by atoms with Gasteiger partial charge in [-0.2, -0.15) is 5.26 Å². The summed E-state index contributed by atoms with van der Waals surface area (Å²) in [5.41, 5.74) is 4.68. The Morgan fingerprint density at radius 1 is 1.10 bits per heavy atom. The van der Waals surface area contributed by atoms with Gasteiger partial charge in [-0.1, -0.05) is 12.1 Å². The zero-order valence-electron chi connectivity index (χ0n) is 17.0. The second-order valence-corrected chi connectivity index (χ2v) is 6.95. The third-order valence-electron chi connectivity index (χ3n) is 4.91. The Bertz CT molecular complexity index is 1210. The zero-order chi connectivity index (χ0) is 21.6. The van der Waals surface area contributed by atoms with Crippen LogP contribution >= 0.6 is 0 Å². The smallest absolute Gasteiger partial charge is 0.127 e. The minimum Gasteiger partial charge on any atom is -0.507 e. The highest BCUT2D eigenvalue weighted by Crippen LogP contribution is 2.35. The van der Waals surface area contributed by atoms with Gasteiger partial charge in [-0.05, 0) is 53.6 Å². The van der Waals surface area contributed by atoms with Crippen LogP contribution in [-0.4, -0.2) is 33.7 Å². The van der Waals surface area contributed by atoms with Gasteiger partial charge < -0.3 is 20.1 Å². The summed E-state index contributed by atoms with van der Waals surface area (Å²) in [4.78, 5) is 11.8. The molecular weight excluding hydrogens is 390 g/mol. The predicted octanol–water partition coefficient (Wildman–Crippen LogP) is 4.38. The summed E-state index contributed by atoms with van der Waals surface area (Å²) in [6.07, 6.45) is 4.22. The number of benzene rings is 2. The van der Waals surface area contributed by atoms with E-state index in [0.717, 1.165) is 23.2 Å². The number of nitrogens with one attached hydrogen (secondary N) is 2. The number of methoxy groups -OCH3 is 1. The molecule has 7 nitrogen and oxygen atoms in total. The van der Waals surface area contributed by atoms with Crippen molar-refractivity contribution in [3.63, 3.8) is 0 Å². The first kappa shape index (κ1) is 20.0. The van der Waals surface area contributed by atoms with Gasteiger partial charge in [0.2, 0.25) is 0 Å². The molecular formula is C24H21N5O2. The van der Waals surface area contributed by atoms with E-state index in [4.69, 9.17) is 15.0 Å². The Morgan fingerprint density at radius 3 is 2.65 bits per heavy atom. The molecule has 0 saturated carbocycles. The SMILES string of the molecule is COc1ccc(O)c(-c2cc(-c3ccc(C#N)cc3)cc(NCCc3cnc[nH]3)n2)c1. The molecule has 154 valence electrons. The Balaban J connectivity index is 1.71. The van der Waals surface area contributed by atoms with Crippen LogP contribution in [-0.2, 0) is 6.42 Å². The first-order valence-corrected chi connectivity index (χ1v) is 9.77. The summed E-state index contributed by atoms with van der Waals surface area (Å²) in [7, 11) is 1.58. The van der Waals surface area contributed by atoms with Crippen LogP contribution in [0.2, 0.25) is 0 Å². The molecule has 4 rings (SSSR count). The molecule has 0 bridgehead atoms. The van der Waals surface area contributed by atoms with E-state index in [1.807, 2.05) is 24.3 Å². The highest BCUT2D eigenvalue weighted by atomic mass is 16.5. The molecule has 0 aliphatic carbocycles. The maximum Gasteiger partial charge on any atom is 0.127 e. The number of nitriles is 1. The van der Waals surface area contributed by atoms with Crippen molar-refractivity contribution < 1.29 is 9.84 Å². The van der Waals surface area contributed by atoms with E-state index in [9.17, 15) is 5.11 Å². The second-order valence-electron chi connectivity index (χ2n) is 6.95. The highest BCUT2D eigenvalue weighted by Gasteiger charge is 2.12. The Kier molecular flexibility index (Phi) is 5.81. The topological polar surface area (TPSA) is 107 Å². The number of aromatic nitrogens is 3. The Morgan fingerprint density at radius 2 is 1.94 bits per heavy atom. The summed E-state index contributed by atoms with van der Waals surface area (Å²) in [6.45, 7) is 0.662. The molecule has 0 fully saturated rings. The number of phenols is 1. The van der Waals surface area contributed by atoms with Gasteiger partial charge in [0, 0.05) is 30.4 Å². The van der Waals surface area contributed by atoms with Crippen molar-refractivity contribution in [2.75, 3.05) is 19.0 Å². The first-order valence-electron chi connectivity index (χ1n) is 9.77. The van der Waals surface area contributed by atoms with Crippen molar-refractivity contribution in [1.29, 1.82) is 5.26 Å². The maximum atomic E-state index is 10.4. The highest BCUT2D eigenvalue weighted by molar-refractivity contribution is 5.77. The van der Waals surface area contributed by atoms with Gasteiger partial charge in [0.1, 0.15) is 17.3 Å². The van der Waals surface area contributed by atoms with Gasteiger partial charge in [-0.25, -0.2) is 9.97 Å². The Labute approximate surface area is 180 Å². The van der Waals surface area contributed by atoms with Crippen LogP contribution < -0.4 is 10.1 Å². The van der Waals surface area contributed by atoms with E-state index in [1.54, 1.807) is 50.0 Å². The lowest BCUT2D eigenvalue weighted by molar-refractivity contribution is 0.412. The first-order chi connectivity index (χ1) is 15.2. The molecule has 31 heavy (non-hydrogen) atoms. The van der Waals surface area contributed by atoms with Crippen molar-refractivity contribution in [2.24, 2.45) is 0 Å². The number of aromatic amines is 1. The van der Waals surface area contributed by atoms with Gasteiger partial charge in [0.15, 0.2) is 0 Å². The maximum absolute atomic E-state index is 10.4. The lowest BCUT2D eigenvalue weighted by Crippen LogP contribution is -2.07. The molecule has 0 saturated heterocycles. The minimum absolute atomic E-state index is 0.119. The molecule has 2 aromatic heterocycles. The van der Waals surface area contributed by atoms with Gasteiger partial charge in [-0.15, -0.1) is 0 Å². The standard InChI is InChI=1S/C24H21N5O2/c1-31-20-6-7-23(30)21(12-20)22-10-18(17-4-2-16(13-25)3-5-17)11-24(29-22)27-9-8-19-14-26-15-28-19/h2-7,10-12,14-15,30H,8-9H2,1H3,(H,26,28)(H,27,29). The summed E-state index contributed by atoms with van der Waals surface area (Å²) in [5.74, 6) is 1.43. The number of aromatic hydroxyl groups is 1. The summed E-state index contributed by atoms with van der Waals surface area (Å²) >= 11 is 0. The fourth-order valence-corrected chi connectivity index (χ4v) is 3.26. The quantitative estimate of drug-likeness (QED) is 0.417. The average molecular weight is 411 g/mol. The van der Waals surface area contributed by atoms with E-state index < -0.39 is 0 Å². The lowest BCUT2D eigenvalue weighted by Gasteiger charge is -2.13. The van der Waals surface area contributed by atoms with Gasteiger partial charge in [0.05, 0.1) is 30.8 Å². The number of hydrogen-bond acceptors (Lipinski definition) is 6. The average Bonchev–Trinajstić information content (AvgIpc) is 3.33. The minimum atomic E-state index is 0.119. The van der Waals surface area contributed by atoms with Crippen LogP contribution in [0.1, 0.15) is 11.3 Å². The van der Waals surface area contributed by atoms with E-state index in [1.165, 1.54) is 0 Å². The van der Waals surface area contributed by atoms with Crippen LogP contribution in [0.5, 0.6) is 11.5 Å². The van der Waals surface area contributed by atoms with Crippen molar-refractivity contribution in [3.8, 4) is 40.0 Å². The summed E-state index contributed by atoms with van der Waals surface area (Å²) < 4.78 is 5.31. The molecule has 0 amide bonds. The molecule has 0 unspecified atom stereocenters. The van der Waals surface area contributed by atoms with Crippen LogP contribution in [0.3, 0.4) is 0 Å². The fourth-order valence-electron chi connectivity index (χ4n) is 3.26. The molecule has 0 spiro atoms. The van der Waals surface area contributed by atoms with Crippen molar-refractivity contribution in [3.05, 3.63) is 78.4 Å². The summed E-state index contributed by atoms with van der Waals surface area (Å²) in [6, 6.07) is 18.4. The fraction of sp³-hybridized carbons (Fsp3) is 0.125. The van der Waals surface area contributed by atoms with Crippen molar-refractivity contribution >= 4 is 5.82 Å². The van der Waals surface area contributed by atoms with Crippen molar-refractivity contribution in [1.82, 2.24) is 15.0 Å². The number of anilines is 1. The van der Waals surface area contributed by atoms with Crippen LogP contribution in [0, 0.1) is 11.3 Å². The second kappa shape index (κ2) is 9.01. The molecule has 0 radical (unpaired) electrons. The molecule has 4 aromatic rings. The molecule has 3 N–H and O–H groups in total. The van der Waals surface area contributed by atoms with Gasteiger partial charge >= 0.3 is 0 Å². The van der Waals surface area contributed by atoms with Gasteiger partial charge in [-0.3, -0.25) is 0 Å². The van der Waals surface area contributed by atoms with E-state index >= 15 is 0 Å². The number of H-pyrrole nitrogens is 1. The number of imidazole rings is 1. The predicted molar refractivity (Wildman–Crippen MR) is 119 cm³/mol. The third-order valence-corrected chi connectivity index (χ3v) is 4.91. The van der Waals surface area contributed by atoms with Crippen LogP contribution in [0.25, 0.3) is 22.4 Å².